The van der Waals surface area contributed by atoms with E-state index in [0.717, 1.165) is 25.7 Å². The van der Waals surface area contributed by atoms with E-state index in [-0.39, 0.29) is 0 Å². The Labute approximate surface area is 115 Å². The van der Waals surface area contributed by atoms with Crippen LogP contribution >= 0.6 is 0 Å². The van der Waals surface area contributed by atoms with Crippen molar-refractivity contribution in [2.75, 3.05) is 6.61 Å². The Morgan fingerprint density at radius 2 is 1.89 bits per heavy atom. The van der Waals surface area contributed by atoms with Gasteiger partial charge in [-0.1, -0.05) is 32.8 Å². The van der Waals surface area contributed by atoms with E-state index in [1.165, 1.54) is 0 Å². The predicted octanol–water partition coefficient (Wildman–Crippen LogP) is 4.29. The van der Waals surface area contributed by atoms with Crippen molar-refractivity contribution < 1.29 is 14.6 Å². The van der Waals surface area contributed by atoms with Crippen molar-refractivity contribution in [3.8, 4) is 5.75 Å². The van der Waals surface area contributed by atoms with Crippen LogP contribution in [-0.2, 0) is 0 Å². The van der Waals surface area contributed by atoms with E-state index >= 15 is 0 Å². The molecule has 0 aliphatic rings. The normalized spacial score (nSPS) is 10.7. The van der Waals surface area contributed by atoms with Crippen LogP contribution in [0.15, 0.2) is 18.2 Å². The fourth-order valence-electron chi connectivity index (χ4n) is 2.34. The van der Waals surface area contributed by atoms with Gasteiger partial charge in [0.1, 0.15) is 5.75 Å². The highest BCUT2D eigenvalue weighted by molar-refractivity contribution is 5.90. The van der Waals surface area contributed by atoms with Gasteiger partial charge >= 0.3 is 5.97 Å². The summed E-state index contributed by atoms with van der Waals surface area (Å²) in [4.78, 5) is 11.1. The Bertz CT molecular complexity index is 406. The molecule has 0 aliphatic carbocycles. The highest BCUT2D eigenvalue weighted by Crippen LogP contribution is 2.23. The minimum absolute atomic E-state index is 0.319. The Morgan fingerprint density at radius 1 is 1.26 bits per heavy atom. The summed E-state index contributed by atoms with van der Waals surface area (Å²) in [5, 5.41) is 9.08. The Kier molecular flexibility index (Phi) is 6.40. The number of carboxylic acid groups (broad SMARTS) is 1. The lowest BCUT2D eigenvalue weighted by atomic mass is 9.99. The summed E-state index contributed by atoms with van der Waals surface area (Å²) >= 11 is 0. The van der Waals surface area contributed by atoms with Crippen molar-refractivity contribution in [1.29, 1.82) is 0 Å². The molecule has 1 rings (SSSR count). The van der Waals surface area contributed by atoms with Gasteiger partial charge in [0.25, 0.3) is 0 Å². The van der Waals surface area contributed by atoms with Crippen molar-refractivity contribution in [3.05, 3.63) is 29.3 Å². The second-order valence-electron chi connectivity index (χ2n) is 4.99. The summed E-state index contributed by atoms with van der Waals surface area (Å²) in [6, 6.07) is 5.19. The van der Waals surface area contributed by atoms with E-state index in [4.69, 9.17) is 9.84 Å². The van der Waals surface area contributed by atoms with Gasteiger partial charge in [-0.15, -0.1) is 0 Å². The van der Waals surface area contributed by atoms with Crippen LogP contribution in [0.2, 0.25) is 0 Å². The number of benzene rings is 1. The second kappa shape index (κ2) is 7.82. The molecule has 0 saturated heterocycles. The molecule has 0 bridgehead atoms. The fraction of sp³-hybridized carbons (Fsp3) is 0.562. The van der Waals surface area contributed by atoms with Gasteiger partial charge in [0.15, 0.2) is 0 Å². The highest BCUT2D eigenvalue weighted by atomic mass is 16.5. The molecule has 0 spiro atoms. The first-order valence-electron chi connectivity index (χ1n) is 7.05. The van der Waals surface area contributed by atoms with Crippen LogP contribution in [0.1, 0.15) is 55.5 Å². The molecular weight excluding hydrogens is 240 g/mol. The van der Waals surface area contributed by atoms with E-state index in [9.17, 15) is 4.79 Å². The van der Waals surface area contributed by atoms with Crippen molar-refractivity contribution in [2.24, 2.45) is 5.92 Å². The number of hydrogen-bond acceptors (Lipinski definition) is 2. The van der Waals surface area contributed by atoms with Gasteiger partial charge < -0.3 is 9.84 Å². The molecule has 0 unspecified atom stereocenters. The van der Waals surface area contributed by atoms with Crippen LogP contribution < -0.4 is 4.74 Å². The number of aromatic carboxylic acids is 1. The summed E-state index contributed by atoms with van der Waals surface area (Å²) in [5.74, 6) is 0.349. The second-order valence-corrected chi connectivity index (χ2v) is 4.99. The molecule has 0 aromatic heterocycles. The maximum atomic E-state index is 11.1. The largest absolute Gasteiger partial charge is 0.493 e. The van der Waals surface area contributed by atoms with Crippen LogP contribution in [0.5, 0.6) is 5.75 Å². The van der Waals surface area contributed by atoms with Gasteiger partial charge in [-0.2, -0.15) is 0 Å². The fourth-order valence-corrected chi connectivity index (χ4v) is 2.34. The lowest BCUT2D eigenvalue weighted by Gasteiger charge is -2.17. The molecule has 106 valence electrons. The van der Waals surface area contributed by atoms with E-state index < -0.39 is 5.97 Å². The highest BCUT2D eigenvalue weighted by Gasteiger charge is 2.13. The molecule has 0 radical (unpaired) electrons. The zero-order chi connectivity index (χ0) is 14.3. The zero-order valence-corrected chi connectivity index (χ0v) is 12.1. The number of carboxylic acids is 1. The molecule has 1 aromatic rings. The molecular formula is C16H24O3. The Morgan fingerprint density at radius 3 is 2.42 bits per heavy atom. The van der Waals surface area contributed by atoms with E-state index in [0.29, 0.717) is 29.4 Å². The molecule has 0 atom stereocenters. The average molecular weight is 264 g/mol. The molecule has 0 fully saturated rings. The van der Waals surface area contributed by atoms with E-state index in [1.807, 2.05) is 6.07 Å². The maximum absolute atomic E-state index is 11.1. The summed E-state index contributed by atoms with van der Waals surface area (Å²) < 4.78 is 5.83. The Hall–Kier alpha value is -1.51. The van der Waals surface area contributed by atoms with Gasteiger partial charge in [-0.3, -0.25) is 0 Å². The number of ether oxygens (including phenoxy) is 1. The number of rotatable bonds is 8. The predicted molar refractivity (Wildman–Crippen MR) is 76.9 cm³/mol. The lowest BCUT2D eigenvalue weighted by Crippen LogP contribution is -2.13. The molecule has 1 aromatic carbocycles. The van der Waals surface area contributed by atoms with Crippen LogP contribution in [0.25, 0.3) is 0 Å². The van der Waals surface area contributed by atoms with E-state index in [1.54, 1.807) is 19.1 Å². The third-order valence-electron chi connectivity index (χ3n) is 3.38. The van der Waals surface area contributed by atoms with Gasteiger partial charge in [-0.25, -0.2) is 4.79 Å². The molecule has 0 saturated carbocycles. The van der Waals surface area contributed by atoms with E-state index in [2.05, 4.69) is 13.8 Å². The van der Waals surface area contributed by atoms with Gasteiger partial charge in [0.05, 0.1) is 12.2 Å². The monoisotopic (exact) mass is 264 g/mol. The van der Waals surface area contributed by atoms with Crippen LogP contribution in [0, 0.1) is 12.8 Å². The van der Waals surface area contributed by atoms with Gasteiger partial charge in [0, 0.05) is 5.56 Å². The molecule has 1 N–H and O–H groups in total. The van der Waals surface area contributed by atoms with Gasteiger partial charge in [-0.05, 0) is 37.8 Å². The van der Waals surface area contributed by atoms with Crippen molar-refractivity contribution in [3.63, 3.8) is 0 Å². The average Bonchev–Trinajstić information content (AvgIpc) is 2.37. The lowest BCUT2D eigenvalue weighted by molar-refractivity contribution is 0.0695. The Balaban J connectivity index is 2.71. The zero-order valence-electron chi connectivity index (χ0n) is 12.1. The SMILES string of the molecule is CCCC(CCC)COc1cccc(C(=O)O)c1C. The molecule has 3 heteroatoms. The molecule has 0 heterocycles. The van der Waals surface area contributed by atoms with Crippen molar-refractivity contribution >= 4 is 5.97 Å². The summed E-state index contributed by atoms with van der Waals surface area (Å²) in [7, 11) is 0. The molecule has 3 nitrogen and oxygen atoms in total. The first kappa shape index (κ1) is 15.5. The molecule has 0 aliphatic heterocycles. The standard InChI is InChI=1S/C16H24O3/c1-4-7-13(8-5-2)11-19-15-10-6-9-14(12(15)3)16(17)18/h6,9-10,13H,4-5,7-8,11H2,1-3H3,(H,17,18). The number of hydrogen-bond donors (Lipinski definition) is 1. The first-order chi connectivity index (χ1) is 9.10. The summed E-state index contributed by atoms with van der Waals surface area (Å²) in [6.45, 7) is 6.83. The molecule has 19 heavy (non-hydrogen) atoms. The quantitative estimate of drug-likeness (QED) is 0.762. The number of carbonyl (C=O) groups is 1. The molecule has 0 amide bonds. The van der Waals surface area contributed by atoms with Crippen LogP contribution in [0.4, 0.5) is 0 Å². The topological polar surface area (TPSA) is 46.5 Å². The first-order valence-corrected chi connectivity index (χ1v) is 7.05. The van der Waals surface area contributed by atoms with Crippen LogP contribution in [0.3, 0.4) is 0 Å². The third-order valence-corrected chi connectivity index (χ3v) is 3.38. The van der Waals surface area contributed by atoms with Crippen LogP contribution in [-0.4, -0.2) is 17.7 Å². The minimum Gasteiger partial charge on any atom is -0.493 e. The summed E-state index contributed by atoms with van der Waals surface area (Å²) in [6.07, 6.45) is 4.63. The maximum Gasteiger partial charge on any atom is 0.336 e. The van der Waals surface area contributed by atoms with Crippen molar-refractivity contribution in [2.45, 2.75) is 46.5 Å². The summed E-state index contributed by atoms with van der Waals surface area (Å²) in [5.41, 5.74) is 1.03. The smallest absolute Gasteiger partial charge is 0.336 e. The minimum atomic E-state index is -0.901. The van der Waals surface area contributed by atoms with Crippen molar-refractivity contribution in [1.82, 2.24) is 0 Å². The third kappa shape index (κ3) is 4.58. The van der Waals surface area contributed by atoms with Gasteiger partial charge in [0.2, 0.25) is 0 Å².